The van der Waals surface area contributed by atoms with Crippen molar-refractivity contribution in [1.29, 1.82) is 0 Å². The Balaban J connectivity index is 1.82. The molecule has 2 rings (SSSR count). The predicted molar refractivity (Wildman–Crippen MR) is 74.7 cm³/mol. The Morgan fingerprint density at radius 1 is 1.30 bits per heavy atom. The molecule has 1 amide bonds. The summed E-state index contributed by atoms with van der Waals surface area (Å²) in [5, 5.41) is 10.5. The molecule has 0 aromatic carbocycles. The van der Waals surface area contributed by atoms with Crippen LogP contribution in [0, 0.1) is 0 Å². The molecule has 0 aromatic rings. The molecular weight excluding hydrogens is 282 g/mol. The minimum atomic E-state index is -3.36. The molecule has 1 atom stereocenters. The van der Waals surface area contributed by atoms with Crippen molar-refractivity contribution in [3.05, 3.63) is 0 Å². The molecule has 2 aliphatic heterocycles. The van der Waals surface area contributed by atoms with E-state index in [0.717, 1.165) is 32.2 Å². The predicted octanol–water partition coefficient (Wildman–Crippen LogP) is -1.41. The molecule has 0 unspecified atom stereocenters. The number of carbonyl (C=O) groups excluding carboxylic acids is 1. The number of amides is 1. The number of rotatable bonds is 5. The van der Waals surface area contributed by atoms with Gasteiger partial charge in [0.1, 0.15) is 0 Å². The first-order valence-electron chi connectivity index (χ1n) is 6.95. The van der Waals surface area contributed by atoms with Gasteiger partial charge in [-0.25, -0.2) is 13.1 Å². The second kappa shape index (κ2) is 5.97. The Hall–Kier alpha value is -0.700. The van der Waals surface area contributed by atoms with E-state index in [1.807, 2.05) is 0 Å². The first-order chi connectivity index (χ1) is 9.27. The molecule has 0 saturated carbocycles. The van der Waals surface area contributed by atoms with Crippen molar-refractivity contribution in [3.63, 3.8) is 0 Å². The van der Waals surface area contributed by atoms with E-state index in [4.69, 9.17) is 0 Å². The average Bonchev–Trinajstić information content (AvgIpc) is 2.95. The van der Waals surface area contributed by atoms with E-state index in [-0.39, 0.29) is 19.0 Å². The third kappa shape index (κ3) is 4.41. The van der Waals surface area contributed by atoms with Gasteiger partial charge in [0.2, 0.25) is 15.9 Å². The van der Waals surface area contributed by atoms with E-state index in [1.165, 1.54) is 4.90 Å². The molecule has 8 heteroatoms. The zero-order valence-corrected chi connectivity index (χ0v) is 12.7. The third-order valence-electron chi connectivity index (χ3n) is 3.89. The smallest absolute Gasteiger partial charge is 0.237 e. The Bertz CT molecular complexity index is 461. The fourth-order valence-corrected chi connectivity index (χ4v) is 3.25. The van der Waals surface area contributed by atoms with Crippen LogP contribution in [0.4, 0.5) is 0 Å². The standard InChI is InChI=1S/C12H23N3O4S/c1-20(18,19)13-8-11(16)15-7-4-12(17,10-15)9-14-5-2-3-6-14/h13,17H,2-10H2,1H3/t12-/m0/s1. The Morgan fingerprint density at radius 2 is 1.95 bits per heavy atom. The fourth-order valence-electron chi connectivity index (χ4n) is 2.86. The summed E-state index contributed by atoms with van der Waals surface area (Å²) >= 11 is 0. The quantitative estimate of drug-likeness (QED) is 0.652. The van der Waals surface area contributed by atoms with Gasteiger partial charge in [-0.05, 0) is 32.4 Å². The van der Waals surface area contributed by atoms with E-state index in [9.17, 15) is 18.3 Å². The molecule has 2 fully saturated rings. The van der Waals surface area contributed by atoms with Crippen molar-refractivity contribution in [2.45, 2.75) is 24.9 Å². The van der Waals surface area contributed by atoms with Gasteiger partial charge in [0, 0.05) is 13.1 Å². The minimum absolute atomic E-state index is 0.237. The molecule has 0 aliphatic carbocycles. The molecule has 0 radical (unpaired) electrons. The maximum Gasteiger partial charge on any atom is 0.237 e. The second-order valence-electron chi connectivity index (χ2n) is 5.87. The summed E-state index contributed by atoms with van der Waals surface area (Å²) in [6, 6.07) is 0. The largest absolute Gasteiger partial charge is 0.387 e. The van der Waals surface area contributed by atoms with Crippen LogP contribution >= 0.6 is 0 Å². The van der Waals surface area contributed by atoms with Gasteiger partial charge in [0.15, 0.2) is 0 Å². The van der Waals surface area contributed by atoms with Crippen molar-refractivity contribution in [3.8, 4) is 0 Å². The Kier molecular flexibility index (Phi) is 4.68. The maximum atomic E-state index is 11.9. The van der Waals surface area contributed by atoms with Crippen LogP contribution in [0.1, 0.15) is 19.3 Å². The SMILES string of the molecule is CS(=O)(=O)NCC(=O)N1CC[C@](O)(CN2CCCC2)C1. The highest BCUT2D eigenvalue weighted by Crippen LogP contribution is 2.24. The molecule has 0 bridgehead atoms. The molecule has 2 N–H and O–H groups in total. The van der Waals surface area contributed by atoms with E-state index in [1.54, 1.807) is 0 Å². The zero-order chi connectivity index (χ0) is 14.8. The van der Waals surface area contributed by atoms with E-state index in [0.29, 0.717) is 19.5 Å². The number of β-amino-alcohol motifs (C(OH)–C–C–N with tert-alkyl or cyclic N) is 1. The lowest BCUT2D eigenvalue weighted by Gasteiger charge is -2.28. The van der Waals surface area contributed by atoms with Gasteiger partial charge in [-0.15, -0.1) is 0 Å². The van der Waals surface area contributed by atoms with Crippen molar-refractivity contribution in [1.82, 2.24) is 14.5 Å². The fraction of sp³-hybridized carbons (Fsp3) is 0.917. The summed E-state index contributed by atoms with van der Waals surface area (Å²) < 4.78 is 24.1. The minimum Gasteiger partial charge on any atom is -0.387 e. The Morgan fingerprint density at radius 3 is 2.55 bits per heavy atom. The lowest BCUT2D eigenvalue weighted by molar-refractivity contribution is -0.130. The summed E-state index contributed by atoms with van der Waals surface area (Å²) in [7, 11) is -3.36. The van der Waals surface area contributed by atoms with Gasteiger partial charge < -0.3 is 14.9 Å². The molecule has 7 nitrogen and oxygen atoms in total. The normalized spacial score (nSPS) is 28.2. The first-order valence-corrected chi connectivity index (χ1v) is 8.84. The van der Waals surface area contributed by atoms with Crippen LogP contribution in [0.15, 0.2) is 0 Å². The maximum absolute atomic E-state index is 11.9. The molecule has 20 heavy (non-hydrogen) atoms. The molecule has 2 heterocycles. The highest BCUT2D eigenvalue weighted by atomic mass is 32.2. The van der Waals surface area contributed by atoms with Gasteiger partial charge >= 0.3 is 0 Å². The van der Waals surface area contributed by atoms with Gasteiger partial charge in [-0.1, -0.05) is 0 Å². The molecule has 2 aliphatic rings. The van der Waals surface area contributed by atoms with Crippen molar-refractivity contribution < 1.29 is 18.3 Å². The first kappa shape index (κ1) is 15.7. The topological polar surface area (TPSA) is 90.0 Å². The monoisotopic (exact) mass is 305 g/mol. The number of nitrogens with zero attached hydrogens (tertiary/aromatic N) is 2. The number of likely N-dealkylation sites (tertiary alicyclic amines) is 2. The number of hydrogen-bond acceptors (Lipinski definition) is 5. The van der Waals surface area contributed by atoms with E-state index in [2.05, 4.69) is 9.62 Å². The lowest BCUT2D eigenvalue weighted by atomic mass is 10.0. The van der Waals surface area contributed by atoms with Crippen LogP contribution < -0.4 is 4.72 Å². The Labute approximate surface area is 120 Å². The molecular formula is C12H23N3O4S. The van der Waals surface area contributed by atoms with E-state index >= 15 is 0 Å². The molecule has 116 valence electrons. The van der Waals surface area contributed by atoms with Crippen LogP contribution in [0.3, 0.4) is 0 Å². The van der Waals surface area contributed by atoms with Crippen LogP contribution in [-0.4, -0.2) is 80.4 Å². The average molecular weight is 305 g/mol. The summed E-state index contributed by atoms with van der Waals surface area (Å²) in [5.74, 6) is -0.284. The van der Waals surface area contributed by atoms with Crippen molar-refractivity contribution in [2.24, 2.45) is 0 Å². The van der Waals surface area contributed by atoms with Crippen LogP contribution in [0.2, 0.25) is 0 Å². The van der Waals surface area contributed by atoms with Crippen LogP contribution in [0.5, 0.6) is 0 Å². The summed E-state index contributed by atoms with van der Waals surface area (Å²) in [6.45, 7) is 3.13. The second-order valence-corrected chi connectivity index (χ2v) is 7.70. The lowest BCUT2D eigenvalue weighted by Crippen LogP contribution is -2.46. The third-order valence-corrected chi connectivity index (χ3v) is 4.56. The number of aliphatic hydroxyl groups is 1. The molecule has 2 saturated heterocycles. The molecule has 0 spiro atoms. The summed E-state index contributed by atoms with van der Waals surface area (Å²) in [4.78, 5) is 15.7. The number of nitrogens with one attached hydrogen (secondary N) is 1. The highest BCUT2D eigenvalue weighted by molar-refractivity contribution is 7.88. The highest BCUT2D eigenvalue weighted by Gasteiger charge is 2.39. The zero-order valence-electron chi connectivity index (χ0n) is 11.8. The van der Waals surface area contributed by atoms with Crippen molar-refractivity contribution >= 4 is 15.9 Å². The van der Waals surface area contributed by atoms with E-state index < -0.39 is 15.6 Å². The van der Waals surface area contributed by atoms with Gasteiger partial charge in [-0.3, -0.25) is 4.79 Å². The molecule has 0 aromatic heterocycles. The number of carbonyl (C=O) groups is 1. The van der Waals surface area contributed by atoms with Crippen molar-refractivity contribution in [2.75, 3.05) is 45.5 Å². The van der Waals surface area contributed by atoms with Gasteiger partial charge in [0.05, 0.1) is 24.9 Å². The van der Waals surface area contributed by atoms with Crippen LogP contribution in [0.25, 0.3) is 0 Å². The number of hydrogen-bond donors (Lipinski definition) is 2. The summed E-state index contributed by atoms with van der Waals surface area (Å²) in [6.07, 6.45) is 3.90. The van der Waals surface area contributed by atoms with Gasteiger partial charge in [0.25, 0.3) is 0 Å². The number of sulfonamides is 1. The van der Waals surface area contributed by atoms with Gasteiger partial charge in [-0.2, -0.15) is 0 Å². The van der Waals surface area contributed by atoms with Crippen LogP contribution in [-0.2, 0) is 14.8 Å². The summed E-state index contributed by atoms with van der Waals surface area (Å²) in [5.41, 5.74) is -0.856.